The Morgan fingerprint density at radius 1 is 1.17 bits per heavy atom. The number of ether oxygens (including phenoxy) is 2. The van der Waals surface area contributed by atoms with E-state index < -0.39 is 0 Å². The second-order valence-electron chi connectivity index (χ2n) is 6.76. The van der Waals surface area contributed by atoms with E-state index in [1.54, 1.807) is 37.3 Å². The van der Waals surface area contributed by atoms with Crippen molar-refractivity contribution >= 4 is 34.0 Å². The molecule has 3 aromatic rings. The van der Waals surface area contributed by atoms with Crippen molar-refractivity contribution in [2.24, 2.45) is 0 Å². The minimum absolute atomic E-state index is 0.0874. The van der Waals surface area contributed by atoms with Gasteiger partial charge < -0.3 is 14.4 Å². The quantitative estimate of drug-likeness (QED) is 0.643. The molecule has 8 heteroatoms. The molecule has 30 heavy (non-hydrogen) atoms. The van der Waals surface area contributed by atoms with Crippen LogP contribution in [0.4, 0.5) is 10.8 Å². The molecule has 1 N–H and O–H groups in total. The molecule has 0 radical (unpaired) electrons. The fraction of sp³-hybridized carbons (Fsp3) is 0.227. The van der Waals surface area contributed by atoms with E-state index in [4.69, 9.17) is 9.47 Å². The van der Waals surface area contributed by atoms with Gasteiger partial charge in [0.1, 0.15) is 11.5 Å². The van der Waals surface area contributed by atoms with Crippen molar-refractivity contribution < 1.29 is 19.1 Å². The van der Waals surface area contributed by atoms with Crippen LogP contribution >= 0.6 is 11.3 Å². The predicted molar refractivity (Wildman–Crippen MR) is 117 cm³/mol. The molecule has 4 rings (SSSR count). The molecule has 2 heterocycles. The summed E-state index contributed by atoms with van der Waals surface area (Å²) in [5.41, 5.74) is 2.68. The van der Waals surface area contributed by atoms with Crippen LogP contribution in [0.5, 0.6) is 11.5 Å². The van der Waals surface area contributed by atoms with E-state index in [2.05, 4.69) is 10.3 Å². The number of aromatic nitrogens is 1. The zero-order valence-electron chi connectivity index (χ0n) is 16.7. The molecule has 0 aliphatic carbocycles. The molecule has 1 fully saturated rings. The number of anilines is 2. The topological polar surface area (TPSA) is 80.8 Å². The maximum absolute atomic E-state index is 12.7. The number of benzene rings is 2. The Labute approximate surface area is 178 Å². The number of rotatable bonds is 6. The molecule has 0 unspecified atom stereocenters. The van der Waals surface area contributed by atoms with Gasteiger partial charge in [-0.1, -0.05) is 6.07 Å². The highest BCUT2D eigenvalue weighted by molar-refractivity contribution is 7.14. The van der Waals surface area contributed by atoms with E-state index >= 15 is 0 Å². The first-order valence-corrected chi connectivity index (χ1v) is 10.4. The lowest BCUT2D eigenvalue weighted by Crippen LogP contribution is -2.24. The van der Waals surface area contributed by atoms with Gasteiger partial charge >= 0.3 is 0 Å². The summed E-state index contributed by atoms with van der Waals surface area (Å²) in [5.74, 6) is 1.17. The minimum atomic E-state index is -0.276. The third kappa shape index (κ3) is 3.99. The van der Waals surface area contributed by atoms with E-state index in [1.165, 1.54) is 11.3 Å². The molecule has 0 bridgehead atoms. The van der Waals surface area contributed by atoms with E-state index in [0.717, 1.165) is 17.7 Å². The Hall–Kier alpha value is -3.39. The van der Waals surface area contributed by atoms with Gasteiger partial charge in [-0.15, -0.1) is 11.3 Å². The van der Waals surface area contributed by atoms with Gasteiger partial charge in [0.2, 0.25) is 5.91 Å². The average Bonchev–Trinajstić information content (AvgIpc) is 3.42. The third-order valence-corrected chi connectivity index (χ3v) is 5.66. The van der Waals surface area contributed by atoms with Gasteiger partial charge in [-0.2, -0.15) is 0 Å². The van der Waals surface area contributed by atoms with Crippen LogP contribution < -0.4 is 19.7 Å². The summed E-state index contributed by atoms with van der Waals surface area (Å²) >= 11 is 1.33. The van der Waals surface area contributed by atoms with Crippen molar-refractivity contribution in [1.29, 1.82) is 0 Å². The van der Waals surface area contributed by atoms with E-state index in [1.807, 2.05) is 29.6 Å². The summed E-state index contributed by atoms with van der Waals surface area (Å²) in [4.78, 5) is 31.0. The molecular weight excluding hydrogens is 402 g/mol. The highest BCUT2D eigenvalue weighted by Crippen LogP contribution is 2.35. The maximum Gasteiger partial charge on any atom is 0.257 e. The van der Waals surface area contributed by atoms with Crippen molar-refractivity contribution in [1.82, 2.24) is 4.98 Å². The SMILES string of the molecule is COc1ccc(OC)c(-c2csc(NC(=O)c3cccc(N4CCCC4=O)c3)n2)c1. The van der Waals surface area contributed by atoms with Gasteiger partial charge in [0.15, 0.2) is 5.13 Å². The number of carbonyl (C=O) groups excluding carboxylic acids is 2. The number of hydrogen-bond donors (Lipinski definition) is 1. The largest absolute Gasteiger partial charge is 0.497 e. The fourth-order valence-corrected chi connectivity index (χ4v) is 4.08. The van der Waals surface area contributed by atoms with Crippen LogP contribution in [0.2, 0.25) is 0 Å². The zero-order chi connectivity index (χ0) is 21.1. The molecule has 1 aromatic heterocycles. The predicted octanol–water partition coefficient (Wildman–Crippen LogP) is 4.21. The smallest absolute Gasteiger partial charge is 0.257 e. The van der Waals surface area contributed by atoms with Crippen LogP contribution in [-0.4, -0.2) is 37.6 Å². The molecule has 1 aliphatic heterocycles. The number of hydrogen-bond acceptors (Lipinski definition) is 6. The van der Waals surface area contributed by atoms with Crippen molar-refractivity contribution in [3.05, 3.63) is 53.4 Å². The molecular formula is C22H21N3O4S. The second-order valence-corrected chi connectivity index (χ2v) is 7.62. The monoisotopic (exact) mass is 423 g/mol. The summed E-state index contributed by atoms with van der Waals surface area (Å²) in [6.45, 7) is 0.683. The van der Waals surface area contributed by atoms with Gasteiger partial charge in [-0.3, -0.25) is 14.9 Å². The first kappa shape index (κ1) is 19.9. The number of methoxy groups -OCH3 is 2. The van der Waals surface area contributed by atoms with Crippen LogP contribution in [0.15, 0.2) is 47.8 Å². The fourth-order valence-electron chi connectivity index (χ4n) is 3.37. The summed E-state index contributed by atoms with van der Waals surface area (Å²) in [6, 6.07) is 12.6. The molecule has 1 saturated heterocycles. The van der Waals surface area contributed by atoms with Crippen LogP contribution in [-0.2, 0) is 4.79 Å². The summed E-state index contributed by atoms with van der Waals surface area (Å²) in [5, 5.41) is 5.16. The molecule has 0 spiro atoms. The van der Waals surface area contributed by atoms with Gasteiger partial charge in [0.25, 0.3) is 5.91 Å². The lowest BCUT2D eigenvalue weighted by atomic mass is 10.1. The molecule has 0 atom stereocenters. The third-order valence-electron chi connectivity index (χ3n) is 4.90. The zero-order valence-corrected chi connectivity index (χ0v) is 17.5. The normalized spacial score (nSPS) is 13.4. The Morgan fingerprint density at radius 3 is 2.77 bits per heavy atom. The Balaban J connectivity index is 1.53. The maximum atomic E-state index is 12.7. The van der Waals surface area contributed by atoms with E-state index in [9.17, 15) is 9.59 Å². The number of nitrogens with one attached hydrogen (secondary N) is 1. The highest BCUT2D eigenvalue weighted by atomic mass is 32.1. The Bertz CT molecular complexity index is 1100. The standard InChI is InChI=1S/C22H21N3O4S/c1-28-16-8-9-19(29-2)17(12-16)18-13-30-22(23-18)24-21(27)14-5-3-6-15(11-14)25-10-4-7-20(25)26/h3,5-6,8-9,11-13H,4,7,10H2,1-2H3,(H,23,24,27). The average molecular weight is 423 g/mol. The molecule has 1 aliphatic rings. The summed E-state index contributed by atoms with van der Waals surface area (Å²) in [6.07, 6.45) is 1.39. The van der Waals surface area contributed by atoms with Crippen LogP contribution in [0.1, 0.15) is 23.2 Å². The van der Waals surface area contributed by atoms with Crippen LogP contribution in [0, 0.1) is 0 Å². The van der Waals surface area contributed by atoms with E-state index in [0.29, 0.717) is 40.9 Å². The Kier molecular flexibility index (Phi) is 5.67. The van der Waals surface area contributed by atoms with E-state index in [-0.39, 0.29) is 11.8 Å². The Morgan fingerprint density at radius 2 is 2.03 bits per heavy atom. The number of nitrogens with zero attached hydrogens (tertiary/aromatic N) is 2. The highest BCUT2D eigenvalue weighted by Gasteiger charge is 2.22. The lowest BCUT2D eigenvalue weighted by Gasteiger charge is -2.16. The number of thiazole rings is 1. The summed E-state index contributed by atoms with van der Waals surface area (Å²) < 4.78 is 10.7. The second kappa shape index (κ2) is 8.54. The number of amides is 2. The van der Waals surface area contributed by atoms with Gasteiger partial charge in [0, 0.05) is 35.2 Å². The molecule has 154 valence electrons. The van der Waals surface area contributed by atoms with Gasteiger partial charge in [-0.05, 0) is 42.8 Å². The first-order valence-electron chi connectivity index (χ1n) is 9.49. The van der Waals surface area contributed by atoms with Crippen molar-refractivity contribution in [3.8, 4) is 22.8 Å². The molecule has 2 aromatic carbocycles. The van der Waals surface area contributed by atoms with Gasteiger partial charge in [-0.25, -0.2) is 4.98 Å². The summed E-state index contributed by atoms with van der Waals surface area (Å²) in [7, 11) is 3.20. The van der Waals surface area contributed by atoms with Crippen molar-refractivity contribution in [3.63, 3.8) is 0 Å². The van der Waals surface area contributed by atoms with Crippen molar-refractivity contribution in [2.75, 3.05) is 31.0 Å². The molecule has 2 amide bonds. The van der Waals surface area contributed by atoms with Crippen LogP contribution in [0.3, 0.4) is 0 Å². The first-order chi connectivity index (χ1) is 14.6. The lowest BCUT2D eigenvalue weighted by molar-refractivity contribution is -0.117. The van der Waals surface area contributed by atoms with Crippen LogP contribution in [0.25, 0.3) is 11.3 Å². The van der Waals surface area contributed by atoms with Gasteiger partial charge in [0.05, 0.1) is 19.9 Å². The molecule has 0 saturated carbocycles. The van der Waals surface area contributed by atoms with Crippen molar-refractivity contribution in [2.45, 2.75) is 12.8 Å². The number of carbonyl (C=O) groups is 2. The molecule has 7 nitrogen and oxygen atoms in total. The minimum Gasteiger partial charge on any atom is -0.497 e.